The molecule has 1 N–H and O–H groups in total. The van der Waals surface area contributed by atoms with Gasteiger partial charge in [-0.15, -0.1) is 0 Å². The van der Waals surface area contributed by atoms with Gasteiger partial charge in [-0.3, -0.25) is 9.69 Å². The number of likely N-dealkylation sites (N-methyl/N-ethyl adjacent to an activating group) is 1. The zero-order chi connectivity index (χ0) is 26.9. The second kappa shape index (κ2) is 11.3. The highest BCUT2D eigenvalue weighted by Crippen LogP contribution is 2.43. The van der Waals surface area contributed by atoms with Crippen LogP contribution in [-0.2, 0) is 21.2 Å². The molecule has 2 heterocycles. The molecule has 0 spiro atoms. The number of nitrogens with zero attached hydrogens (tertiary/aromatic N) is 3. The van der Waals surface area contributed by atoms with Crippen LogP contribution in [-0.4, -0.2) is 86.5 Å². The molecule has 2 fully saturated rings. The Balaban J connectivity index is 1.53. The van der Waals surface area contributed by atoms with Crippen molar-refractivity contribution < 1.29 is 23.1 Å². The van der Waals surface area contributed by atoms with E-state index in [0.29, 0.717) is 50.3 Å². The summed E-state index contributed by atoms with van der Waals surface area (Å²) >= 11 is 0. The summed E-state index contributed by atoms with van der Waals surface area (Å²) in [6.45, 7) is 3.01. The van der Waals surface area contributed by atoms with E-state index in [1.807, 2.05) is 37.4 Å². The van der Waals surface area contributed by atoms with Gasteiger partial charge in [0.1, 0.15) is 5.75 Å². The van der Waals surface area contributed by atoms with Gasteiger partial charge in [-0.05, 0) is 67.3 Å². The number of methoxy groups -OCH3 is 1. The summed E-state index contributed by atoms with van der Waals surface area (Å²) < 4.78 is 34.8. The summed E-state index contributed by atoms with van der Waals surface area (Å²) in [7, 11) is -0.300. The monoisotopic (exact) mass is 541 g/mol. The predicted molar refractivity (Wildman–Crippen MR) is 146 cm³/mol. The normalized spacial score (nSPS) is 23.2. The first-order valence-electron chi connectivity index (χ1n) is 13.7. The summed E-state index contributed by atoms with van der Waals surface area (Å²) in [6, 6.07) is 13.1. The molecule has 1 unspecified atom stereocenters. The standard InChI is InChI=1S/C29H39N3O5S/c1-30(25(21-9-4-3-5-10-21)20-31-18-15-22(33)19-31)29(34)24-12-8-11-23-26(37-2)13-14-27(28(23)24)38(35,36)32-16-6-7-17-32/h3-5,9-10,13-14,22,24-25,33H,6-8,11-12,15-20H2,1-2H3/t22-,24?,25+/m0/s1. The molecule has 2 aromatic rings. The fraction of sp³-hybridized carbons (Fsp3) is 0.552. The number of aliphatic hydroxyl groups is 1. The van der Waals surface area contributed by atoms with Gasteiger partial charge in [0.15, 0.2) is 0 Å². The number of β-amino-alcohol motifs (C(OH)–C–C–N with tert-alkyl or cyclic N) is 1. The molecule has 0 bridgehead atoms. The maximum atomic E-state index is 14.3. The molecule has 5 rings (SSSR count). The molecule has 1 aliphatic carbocycles. The molecule has 3 aliphatic rings. The number of carbonyl (C=O) groups excluding carboxylic acids is 1. The number of sulfonamides is 1. The summed E-state index contributed by atoms with van der Waals surface area (Å²) in [4.78, 5) is 18.6. The van der Waals surface area contributed by atoms with E-state index in [4.69, 9.17) is 4.74 Å². The van der Waals surface area contributed by atoms with E-state index in [0.717, 1.165) is 43.4 Å². The first-order valence-corrected chi connectivity index (χ1v) is 15.2. The van der Waals surface area contributed by atoms with E-state index in [9.17, 15) is 18.3 Å². The van der Waals surface area contributed by atoms with Gasteiger partial charge in [-0.2, -0.15) is 4.31 Å². The highest BCUT2D eigenvalue weighted by molar-refractivity contribution is 7.89. The van der Waals surface area contributed by atoms with Crippen molar-refractivity contribution >= 4 is 15.9 Å². The number of aliphatic hydroxyl groups excluding tert-OH is 1. The number of fused-ring (bicyclic) bond motifs is 1. The maximum absolute atomic E-state index is 14.3. The second-order valence-electron chi connectivity index (χ2n) is 10.8. The topological polar surface area (TPSA) is 90.4 Å². The van der Waals surface area contributed by atoms with Gasteiger partial charge in [0, 0.05) is 39.8 Å². The maximum Gasteiger partial charge on any atom is 0.243 e. The van der Waals surface area contributed by atoms with E-state index >= 15 is 0 Å². The summed E-state index contributed by atoms with van der Waals surface area (Å²) in [6.07, 6.45) is 4.16. The van der Waals surface area contributed by atoms with Crippen LogP contribution in [0.3, 0.4) is 0 Å². The average molecular weight is 542 g/mol. The lowest BCUT2D eigenvalue weighted by Gasteiger charge is -2.37. The molecule has 206 valence electrons. The molecule has 0 radical (unpaired) electrons. The van der Waals surface area contributed by atoms with Crippen LogP contribution in [0.1, 0.15) is 60.8 Å². The van der Waals surface area contributed by atoms with Crippen LogP contribution in [0.25, 0.3) is 0 Å². The van der Waals surface area contributed by atoms with Crippen molar-refractivity contribution in [2.24, 2.45) is 0 Å². The Morgan fingerprint density at radius 3 is 2.47 bits per heavy atom. The lowest BCUT2D eigenvalue weighted by atomic mass is 9.81. The number of hydrogen-bond acceptors (Lipinski definition) is 6. The van der Waals surface area contributed by atoms with Crippen molar-refractivity contribution in [1.82, 2.24) is 14.1 Å². The molecular formula is C29H39N3O5S. The van der Waals surface area contributed by atoms with Gasteiger partial charge in [0.05, 0.1) is 30.1 Å². The molecule has 38 heavy (non-hydrogen) atoms. The average Bonchev–Trinajstić information content (AvgIpc) is 3.63. The summed E-state index contributed by atoms with van der Waals surface area (Å²) in [5.74, 6) is -0.00142. The zero-order valence-electron chi connectivity index (χ0n) is 22.4. The number of amides is 1. The van der Waals surface area contributed by atoms with Crippen molar-refractivity contribution in [3.05, 3.63) is 59.2 Å². The van der Waals surface area contributed by atoms with Crippen molar-refractivity contribution in [2.75, 3.05) is 46.9 Å². The molecule has 0 aromatic heterocycles. The number of hydrogen-bond donors (Lipinski definition) is 1. The minimum Gasteiger partial charge on any atom is -0.496 e. The quantitative estimate of drug-likeness (QED) is 0.552. The van der Waals surface area contributed by atoms with E-state index in [2.05, 4.69) is 4.90 Å². The van der Waals surface area contributed by atoms with Crippen molar-refractivity contribution in [3.63, 3.8) is 0 Å². The van der Waals surface area contributed by atoms with Crippen LogP contribution < -0.4 is 4.74 Å². The molecule has 1 amide bonds. The van der Waals surface area contributed by atoms with Gasteiger partial charge < -0.3 is 14.7 Å². The molecule has 0 saturated carbocycles. The van der Waals surface area contributed by atoms with Crippen LogP contribution in [0.4, 0.5) is 0 Å². The Morgan fingerprint density at radius 1 is 1.08 bits per heavy atom. The third kappa shape index (κ3) is 5.21. The van der Waals surface area contributed by atoms with Crippen LogP contribution in [0.2, 0.25) is 0 Å². The summed E-state index contributed by atoms with van der Waals surface area (Å²) in [5.41, 5.74) is 2.48. The number of rotatable bonds is 8. The highest BCUT2D eigenvalue weighted by Gasteiger charge is 2.40. The van der Waals surface area contributed by atoms with Gasteiger partial charge in [0.25, 0.3) is 0 Å². The van der Waals surface area contributed by atoms with Crippen molar-refractivity contribution in [1.29, 1.82) is 0 Å². The van der Waals surface area contributed by atoms with Crippen LogP contribution >= 0.6 is 0 Å². The summed E-state index contributed by atoms with van der Waals surface area (Å²) in [5, 5.41) is 10.1. The number of carbonyl (C=O) groups is 1. The van der Waals surface area contributed by atoms with Crippen molar-refractivity contribution in [2.45, 2.75) is 61.5 Å². The molecular weight excluding hydrogens is 502 g/mol. The third-order valence-electron chi connectivity index (χ3n) is 8.42. The highest BCUT2D eigenvalue weighted by atomic mass is 32.2. The number of likely N-dealkylation sites (tertiary alicyclic amines) is 1. The van der Waals surface area contributed by atoms with E-state index < -0.39 is 15.9 Å². The van der Waals surface area contributed by atoms with E-state index in [1.54, 1.807) is 28.4 Å². The molecule has 2 aromatic carbocycles. The minimum absolute atomic E-state index is 0.0781. The third-order valence-corrected chi connectivity index (χ3v) is 10.4. The van der Waals surface area contributed by atoms with Gasteiger partial charge >= 0.3 is 0 Å². The zero-order valence-corrected chi connectivity index (χ0v) is 23.2. The Bertz CT molecular complexity index is 1250. The van der Waals surface area contributed by atoms with E-state index in [-0.39, 0.29) is 22.9 Å². The Labute approximate surface area is 226 Å². The molecule has 2 saturated heterocycles. The Hall–Kier alpha value is -2.46. The minimum atomic E-state index is -3.72. The smallest absolute Gasteiger partial charge is 0.243 e. The molecule has 8 nitrogen and oxygen atoms in total. The Morgan fingerprint density at radius 2 is 1.82 bits per heavy atom. The molecule has 2 aliphatic heterocycles. The predicted octanol–water partition coefficient (Wildman–Crippen LogP) is 3.17. The van der Waals surface area contributed by atoms with Gasteiger partial charge in [0.2, 0.25) is 15.9 Å². The number of benzene rings is 2. The largest absolute Gasteiger partial charge is 0.496 e. The second-order valence-corrected chi connectivity index (χ2v) is 12.7. The molecule has 9 heteroatoms. The fourth-order valence-corrected chi connectivity index (χ4v) is 8.17. The molecule has 3 atom stereocenters. The van der Waals surface area contributed by atoms with Gasteiger partial charge in [-0.25, -0.2) is 8.42 Å². The lowest BCUT2D eigenvalue weighted by molar-refractivity contribution is -0.134. The van der Waals surface area contributed by atoms with Crippen LogP contribution in [0.5, 0.6) is 5.75 Å². The number of ether oxygens (including phenoxy) is 1. The first kappa shape index (κ1) is 27.1. The van der Waals surface area contributed by atoms with E-state index in [1.165, 1.54) is 0 Å². The van der Waals surface area contributed by atoms with Crippen LogP contribution in [0.15, 0.2) is 47.4 Å². The lowest BCUT2D eigenvalue weighted by Crippen LogP contribution is -2.42. The SMILES string of the molecule is COc1ccc(S(=O)(=O)N2CCCC2)c2c1CCCC2C(=O)N(C)[C@H](CN1CC[C@H](O)C1)c1ccccc1. The fourth-order valence-electron chi connectivity index (χ4n) is 6.37. The first-order chi connectivity index (χ1) is 18.3. The van der Waals surface area contributed by atoms with Gasteiger partial charge in [-0.1, -0.05) is 30.3 Å². The van der Waals surface area contributed by atoms with Crippen molar-refractivity contribution in [3.8, 4) is 5.75 Å². The Kier molecular flexibility index (Phi) is 8.09. The van der Waals surface area contributed by atoms with Crippen LogP contribution in [0, 0.1) is 0 Å².